The first-order valence-electron chi connectivity index (χ1n) is 9.94. The number of nitrogens with zero attached hydrogens (tertiary/aromatic N) is 1. The van der Waals surface area contributed by atoms with Crippen LogP contribution < -0.4 is 4.74 Å². The lowest BCUT2D eigenvalue weighted by Crippen LogP contribution is -2.46. The van der Waals surface area contributed by atoms with Crippen molar-refractivity contribution >= 4 is 10.9 Å². The van der Waals surface area contributed by atoms with Crippen LogP contribution in [0.5, 0.6) is 5.75 Å². The lowest BCUT2D eigenvalue weighted by Gasteiger charge is -2.38. The number of nitrogens with one attached hydrogen (secondary N) is 1. The fourth-order valence-electron chi connectivity index (χ4n) is 4.31. The maximum Gasteiger partial charge on any atom is 0.253 e. The van der Waals surface area contributed by atoms with Crippen LogP contribution in [-0.2, 0) is 13.0 Å². The van der Waals surface area contributed by atoms with Crippen molar-refractivity contribution in [2.24, 2.45) is 5.92 Å². The summed E-state index contributed by atoms with van der Waals surface area (Å²) in [5.41, 5.74) is 2.49. The summed E-state index contributed by atoms with van der Waals surface area (Å²) in [5, 5.41) is 0.551. The van der Waals surface area contributed by atoms with Crippen LogP contribution in [0.15, 0.2) is 48.7 Å². The molecule has 1 saturated heterocycles. The molecular formula is C23H25F3N2O. The number of hydrogen-bond donors (Lipinski definition) is 1. The number of hydrogen-bond acceptors (Lipinski definition) is 2. The molecule has 1 aromatic heterocycles. The number of rotatable bonds is 6. The van der Waals surface area contributed by atoms with Crippen molar-refractivity contribution in [1.29, 1.82) is 0 Å². The second kappa shape index (κ2) is 8.11. The Bertz CT molecular complexity index is 985. The van der Waals surface area contributed by atoms with E-state index >= 15 is 0 Å². The zero-order chi connectivity index (χ0) is 20.4. The van der Waals surface area contributed by atoms with Gasteiger partial charge >= 0.3 is 0 Å². The molecule has 29 heavy (non-hydrogen) atoms. The maximum atomic E-state index is 14.6. The van der Waals surface area contributed by atoms with Gasteiger partial charge < -0.3 is 9.72 Å². The van der Waals surface area contributed by atoms with Crippen molar-refractivity contribution in [2.75, 3.05) is 20.2 Å². The highest BCUT2D eigenvalue weighted by atomic mass is 19.3. The Hall–Kier alpha value is -2.47. The highest BCUT2D eigenvalue weighted by molar-refractivity contribution is 5.83. The van der Waals surface area contributed by atoms with Gasteiger partial charge in [-0.15, -0.1) is 0 Å². The third-order valence-corrected chi connectivity index (χ3v) is 5.92. The number of benzene rings is 2. The Kier molecular flexibility index (Phi) is 5.54. The minimum atomic E-state index is -2.69. The van der Waals surface area contributed by atoms with Crippen molar-refractivity contribution < 1.29 is 17.9 Å². The molecule has 0 bridgehead atoms. The van der Waals surface area contributed by atoms with E-state index in [1.54, 1.807) is 19.4 Å². The van der Waals surface area contributed by atoms with Gasteiger partial charge in [-0.05, 0) is 42.2 Å². The summed E-state index contributed by atoms with van der Waals surface area (Å²) in [6.45, 7) is 1.06. The monoisotopic (exact) mass is 402 g/mol. The first kappa shape index (κ1) is 19.8. The van der Waals surface area contributed by atoms with Crippen molar-refractivity contribution in [3.63, 3.8) is 0 Å². The topological polar surface area (TPSA) is 28.3 Å². The number of para-hydroxylation sites is 1. The van der Waals surface area contributed by atoms with Gasteiger partial charge in [-0.3, -0.25) is 4.90 Å². The molecule has 154 valence electrons. The fourth-order valence-corrected chi connectivity index (χ4v) is 4.31. The number of likely N-dealkylation sites (tertiary alicyclic amines) is 1. The molecule has 2 aromatic carbocycles. The largest absolute Gasteiger partial charge is 0.496 e. The zero-order valence-corrected chi connectivity index (χ0v) is 16.4. The van der Waals surface area contributed by atoms with E-state index < -0.39 is 11.8 Å². The average Bonchev–Trinajstić information content (AvgIpc) is 3.12. The molecule has 4 rings (SSSR count). The number of alkyl halides is 2. The summed E-state index contributed by atoms with van der Waals surface area (Å²) in [5.74, 6) is -2.98. The smallest absolute Gasteiger partial charge is 0.253 e. The lowest BCUT2D eigenvalue weighted by molar-refractivity contribution is -0.109. The van der Waals surface area contributed by atoms with Crippen molar-refractivity contribution in [3.05, 3.63) is 65.6 Å². The lowest BCUT2D eigenvalue weighted by atomic mass is 9.87. The van der Waals surface area contributed by atoms with Crippen LogP contribution >= 0.6 is 0 Å². The van der Waals surface area contributed by atoms with E-state index in [9.17, 15) is 13.2 Å². The first-order chi connectivity index (χ1) is 14.0. The zero-order valence-electron chi connectivity index (χ0n) is 16.4. The van der Waals surface area contributed by atoms with E-state index in [1.807, 2.05) is 35.2 Å². The van der Waals surface area contributed by atoms with Crippen LogP contribution in [0.25, 0.3) is 10.9 Å². The van der Waals surface area contributed by atoms with Gasteiger partial charge in [0.15, 0.2) is 0 Å². The molecule has 1 aliphatic rings. The average molecular weight is 402 g/mol. The summed E-state index contributed by atoms with van der Waals surface area (Å²) in [6.07, 6.45) is 2.53. The Morgan fingerprint density at radius 2 is 1.97 bits per heavy atom. The minimum absolute atomic E-state index is 0.172. The van der Waals surface area contributed by atoms with Gasteiger partial charge in [-0.25, -0.2) is 13.2 Å². The molecule has 1 aliphatic heterocycles. The van der Waals surface area contributed by atoms with E-state index in [4.69, 9.17) is 4.74 Å². The van der Waals surface area contributed by atoms with Crippen LogP contribution in [0.2, 0.25) is 0 Å². The SMILES string of the molecule is COc1ccccc1CCC1CN(Cc2c[nH]c3cccc(F)c23)CCC1(F)F. The number of halogens is 3. The van der Waals surface area contributed by atoms with Gasteiger partial charge in [-0.2, -0.15) is 0 Å². The van der Waals surface area contributed by atoms with Crippen LogP contribution in [0, 0.1) is 11.7 Å². The molecule has 3 aromatic rings. The van der Waals surface area contributed by atoms with Crippen LogP contribution in [-0.4, -0.2) is 36.0 Å². The van der Waals surface area contributed by atoms with E-state index in [0.717, 1.165) is 22.4 Å². The molecule has 0 spiro atoms. The highest BCUT2D eigenvalue weighted by Crippen LogP contribution is 2.37. The van der Waals surface area contributed by atoms with E-state index in [2.05, 4.69) is 4.98 Å². The molecule has 1 atom stereocenters. The second-order valence-corrected chi connectivity index (χ2v) is 7.77. The molecule has 6 heteroatoms. The predicted octanol–water partition coefficient (Wildman–Crippen LogP) is 5.41. The van der Waals surface area contributed by atoms with Crippen molar-refractivity contribution in [2.45, 2.75) is 31.7 Å². The normalized spacial score (nSPS) is 19.5. The van der Waals surface area contributed by atoms with E-state index in [0.29, 0.717) is 37.9 Å². The molecule has 0 aliphatic carbocycles. The summed E-state index contributed by atoms with van der Waals surface area (Å²) in [4.78, 5) is 5.09. The van der Waals surface area contributed by atoms with Gasteiger partial charge in [-0.1, -0.05) is 24.3 Å². The third-order valence-electron chi connectivity index (χ3n) is 5.92. The standard InChI is InChI=1S/C23H25F3N2O/c1-29-21-8-3-2-5-16(21)9-10-18-15-28(12-11-23(18,25)26)14-17-13-27-20-7-4-6-19(24)22(17)20/h2-8,13,18,27H,9-12,14-15H2,1H3. The van der Waals surface area contributed by atoms with Crippen LogP contribution in [0.3, 0.4) is 0 Å². The van der Waals surface area contributed by atoms with Crippen molar-refractivity contribution in [1.82, 2.24) is 9.88 Å². The maximum absolute atomic E-state index is 14.6. The summed E-state index contributed by atoms with van der Waals surface area (Å²) < 4.78 is 48.8. The van der Waals surface area contributed by atoms with Crippen LogP contribution in [0.1, 0.15) is 24.0 Å². The molecule has 2 heterocycles. The Morgan fingerprint density at radius 1 is 1.14 bits per heavy atom. The number of fused-ring (bicyclic) bond motifs is 1. The van der Waals surface area contributed by atoms with Gasteiger partial charge in [0.1, 0.15) is 11.6 Å². The minimum Gasteiger partial charge on any atom is -0.496 e. The number of aromatic nitrogens is 1. The quantitative estimate of drug-likeness (QED) is 0.598. The molecule has 0 amide bonds. The number of methoxy groups -OCH3 is 1. The molecule has 0 saturated carbocycles. The third kappa shape index (κ3) is 4.13. The molecule has 1 unspecified atom stereocenters. The Labute approximate surface area is 168 Å². The molecule has 1 fully saturated rings. The highest BCUT2D eigenvalue weighted by Gasteiger charge is 2.43. The number of piperidine rings is 1. The van der Waals surface area contributed by atoms with Gasteiger partial charge in [0.25, 0.3) is 5.92 Å². The Morgan fingerprint density at radius 3 is 2.79 bits per heavy atom. The van der Waals surface area contributed by atoms with E-state index in [-0.39, 0.29) is 12.2 Å². The summed E-state index contributed by atoms with van der Waals surface area (Å²) in [6, 6.07) is 12.5. The molecule has 3 nitrogen and oxygen atoms in total. The molecular weight excluding hydrogens is 377 g/mol. The van der Waals surface area contributed by atoms with Crippen LogP contribution in [0.4, 0.5) is 13.2 Å². The second-order valence-electron chi connectivity index (χ2n) is 7.77. The fraction of sp³-hybridized carbons (Fsp3) is 0.391. The number of aromatic amines is 1. The van der Waals surface area contributed by atoms with Gasteiger partial charge in [0.05, 0.1) is 7.11 Å². The number of H-pyrrole nitrogens is 1. The van der Waals surface area contributed by atoms with Gasteiger partial charge in [0, 0.05) is 49.1 Å². The first-order valence-corrected chi connectivity index (χ1v) is 9.94. The Balaban J connectivity index is 1.47. The summed E-state index contributed by atoms with van der Waals surface area (Å²) in [7, 11) is 1.59. The van der Waals surface area contributed by atoms with Gasteiger partial charge in [0.2, 0.25) is 0 Å². The predicted molar refractivity (Wildman–Crippen MR) is 108 cm³/mol. The number of ether oxygens (including phenoxy) is 1. The molecule has 1 N–H and O–H groups in total. The molecule has 0 radical (unpaired) electrons. The number of aryl methyl sites for hydroxylation is 1. The summed E-state index contributed by atoms with van der Waals surface area (Å²) >= 11 is 0. The van der Waals surface area contributed by atoms with Crippen molar-refractivity contribution in [3.8, 4) is 5.75 Å². The van der Waals surface area contributed by atoms with E-state index in [1.165, 1.54) is 6.07 Å².